The fourth-order valence-corrected chi connectivity index (χ4v) is 3.37. The molecule has 0 radical (unpaired) electrons. The molecule has 0 spiro atoms. The zero-order valence-electron chi connectivity index (χ0n) is 12.9. The van der Waals surface area contributed by atoms with E-state index in [4.69, 9.17) is 0 Å². The van der Waals surface area contributed by atoms with Gasteiger partial charge in [-0.1, -0.05) is 0 Å². The summed E-state index contributed by atoms with van der Waals surface area (Å²) in [5.74, 6) is -0.0863. The summed E-state index contributed by atoms with van der Waals surface area (Å²) in [4.78, 5) is 16.2. The highest BCUT2D eigenvalue weighted by atomic mass is 79.9. The van der Waals surface area contributed by atoms with Crippen LogP contribution in [0.15, 0.2) is 34.9 Å². The van der Waals surface area contributed by atoms with Crippen LogP contribution in [0.4, 0.5) is 5.69 Å². The van der Waals surface area contributed by atoms with Crippen molar-refractivity contribution in [3.63, 3.8) is 0 Å². The molecule has 23 heavy (non-hydrogen) atoms. The summed E-state index contributed by atoms with van der Waals surface area (Å²) in [6.45, 7) is 2.66. The number of rotatable bonds is 1. The van der Waals surface area contributed by atoms with Gasteiger partial charge in [-0.05, 0) is 47.1 Å². The number of pyridine rings is 1. The van der Waals surface area contributed by atoms with Crippen molar-refractivity contribution in [3.8, 4) is 0 Å². The van der Waals surface area contributed by atoms with Crippen molar-refractivity contribution in [2.75, 3.05) is 18.6 Å². The number of aromatic amines is 1. The smallest absolute Gasteiger partial charge is 0.292 e. The van der Waals surface area contributed by atoms with E-state index < -0.39 is 0 Å². The summed E-state index contributed by atoms with van der Waals surface area (Å²) in [6.07, 6.45) is 2.66. The van der Waals surface area contributed by atoms with Crippen molar-refractivity contribution in [3.05, 3.63) is 52.0 Å². The number of carbonyl (C=O) groups excluding carboxylic acids is 1. The fourth-order valence-electron chi connectivity index (χ4n) is 3.04. The largest absolute Gasteiger partial charge is 0.361 e. The van der Waals surface area contributed by atoms with E-state index in [0.29, 0.717) is 12.2 Å². The molecule has 1 aliphatic rings. The summed E-state index contributed by atoms with van der Waals surface area (Å²) in [5, 5.41) is 8.06. The minimum Gasteiger partial charge on any atom is -0.361 e. The van der Waals surface area contributed by atoms with E-state index in [1.54, 1.807) is 9.52 Å². The Morgan fingerprint density at radius 3 is 3.00 bits per heavy atom. The second-order valence-corrected chi connectivity index (χ2v) is 6.68. The van der Waals surface area contributed by atoms with Crippen molar-refractivity contribution in [1.29, 1.82) is 0 Å². The van der Waals surface area contributed by atoms with Gasteiger partial charge in [-0.3, -0.25) is 9.80 Å². The van der Waals surface area contributed by atoms with Gasteiger partial charge in [0.25, 0.3) is 5.91 Å². The van der Waals surface area contributed by atoms with Gasteiger partial charge in [-0.2, -0.15) is 5.10 Å². The van der Waals surface area contributed by atoms with E-state index in [0.717, 1.165) is 27.8 Å². The number of aryl methyl sites for hydroxylation is 1. The van der Waals surface area contributed by atoms with Crippen molar-refractivity contribution >= 4 is 33.0 Å². The van der Waals surface area contributed by atoms with Gasteiger partial charge in [0.15, 0.2) is 5.69 Å². The van der Waals surface area contributed by atoms with Crippen LogP contribution in [0, 0.1) is 6.92 Å². The Balaban J connectivity index is 1.68. The highest BCUT2D eigenvalue weighted by Crippen LogP contribution is 2.28. The molecule has 3 aromatic heterocycles. The Kier molecular flexibility index (Phi) is 3.19. The summed E-state index contributed by atoms with van der Waals surface area (Å²) >= 11 is 3.42. The van der Waals surface area contributed by atoms with E-state index in [-0.39, 0.29) is 5.91 Å². The van der Waals surface area contributed by atoms with Crippen molar-refractivity contribution in [2.24, 2.45) is 0 Å². The first-order chi connectivity index (χ1) is 11.0. The predicted molar refractivity (Wildman–Crippen MR) is 91.6 cm³/mol. The normalized spacial score (nSPS) is 14.4. The molecule has 118 valence electrons. The molecular formula is C16H16BrN5O. The molecule has 3 aromatic rings. The van der Waals surface area contributed by atoms with E-state index in [1.165, 1.54) is 5.69 Å². The van der Waals surface area contributed by atoms with E-state index >= 15 is 0 Å². The first-order valence-electron chi connectivity index (χ1n) is 7.42. The molecule has 0 atom stereocenters. The molecule has 0 aliphatic carbocycles. The van der Waals surface area contributed by atoms with E-state index in [9.17, 15) is 4.79 Å². The Hall–Kier alpha value is -2.28. The molecule has 7 heteroatoms. The van der Waals surface area contributed by atoms with Gasteiger partial charge in [0.2, 0.25) is 0 Å². The molecule has 0 bridgehead atoms. The number of H-pyrrole nitrogens is 1. The third-order valence-electron chi connectivity index (χ3n) is 4.17. The van der Waals surface area contributed by atoms with Crippen LogP contribution in [0.5, 0.6) is 0 Å². The number of hydrogen-bond donors (Lipinski definition) is 1. The fraction of sp³-hybridized carbons (Fsp3) is 0.250. The maximum atomic E-state index is 12.9. The predicted octanol–water partition coefficient (Wildman–Crippen LogP) is 2.78. The first-order valence-corrected chi connectivity index (χ1v) is 8.21. The maximum absolute atomic E-state index is 12.9. The second kappa shape index (κ2) is 5.13. The molecule has 6 nitrogen and oxygen atoms in total. The van der Waals surface area contributed by atoms with Crippen molar-refractivity contribution in [2.45, 2.75) is 13.3 Å². The standard InChI is InChI=1S/C16H16BrN5O/c1-10-7-15-13(18-10)5-6-22(20(15)2)16(23)14-8-12-4-3-11(17)9-21(12)19-14/h3-4,7-9,18H,5-6H2,1-2H3. The molecule has 1 N–H and O–H groups in total. The molecule has 1 amide bonds. The number of aromatic nitrogens is 3. The third kappa shape index (κ3) is 2.31. The number of nitrogens with zero attached hydrogens (tertiary/aromatic N) is 4. The monoisotopic (exact) mass is 373 g/mol. The van der Waals surface area contributed by atoms with Crippen molar-refractivity contribution < 1.29 is 4.79 Å². The van der Waals surface area contributed by atoms with Gasteiger partial charge in [-0.15, -0.1) is 0 Å². The average molecular weight is 374 g/mol. The van der Waals surface area contributed by atoms with Gasteiger partial charge in [0, 0.05) is 42.1 Å². The minimum absolute atomic E-state index is 0.0863. The van der Waals surface area contributed by atoms with Gasteiger partial charge in [0.1, 0.15) is 0 Å². The van der Waals surface area contributed by atoms with Crippen LogP contribution < -0.4 is 5.01 Å². The molecule has 1 aliphatic heterocycles. The molecule has 0 unspecified atom stereocenters. The lowest BCUT2D eigenvalue weighted by Crippen LogP contribution is -2.48. The Morgan fingerprint density at radius 1 is 1.35 bits per heavy atom. The number of nitrogens with one attached hydrogen (secondary N) is 1. The molecule has 0 aromatic carbocycles. The first kappa shape index (κ1) is 14.3. The Morgan fingerprint density at radius 2 is 2.17 bits per heavy atom. The lowest BCUT2D eigenvalue weighted by Gasteiger charge is -2.36. The van der Waals surface area contributed by atoms with Gasteiger partial charge >= 0.3 is 0 Å². The zero-order chi connectivity index (χ0) is 16.1. The molecular weight excluding hydrogens is 358 g/mol. The number of fused-ring (bicyclic) bond motifs is 2. The summed E-state index contributed by atoms with van der Waals surface area (Å²) in [5.41, 5.74) is 4.68. The Labute approximate surface area is 141 Å². The SMILES string of the molecule is Cc1cc2c([nH]1)CCN(C(=O)c1cc3ccc(Br)cn3n1)N2C. The number of halogens is 1. The molecule has 0 saturated heterocycles. The summed E-state index contributed by atoms with van der Waals surface area (Å²) in [7, 11) is 1.91. The minimum atomic E-state index is -0.0863. The van der Waals surface area contributed by atoms with Gasteiger partial charge in [-0.25, -0.2) is 9.52 Å². The molecule has 4 rings (SSSR count). The highest BCUT2D eigenvalue weighted by molar-refractivity contribution is 9.10. The maximum Gasteiger partial charge on any atom is 0.292 e. The lowest BCUT2D eigenvalue weighted by molar-refractivity contribution is 0.0732. The topological polar surface area (TPSA) is 56.6 Å². The number of carbonyl (C=O) groups is 1. The van der Waals surface area contributed by atoms with Crippen LogP contribution >= 0.6 is 15.9 Å². The number of anilines is 1. The molecule has 0 fully saturated rings. The number of hydrazine groups is 1. The van der Waals surface area contributed by atoms with Crippen molar-refractivity contribution in [1.82, 2.24) is 19.6 Å². The van der Waals surface area contributed by atoms with Crippen LogP contribution in [-0.2, 0) is 6.42 Å². The molecule has 0 saturated carbocycles. The Bertz CT molecular complexity index is 912. The van der Waals surface area contributed by atoms with Gasteiger partial charge in [0.05, 0.1) is 11.2 Å². The zero-order valence-corrected chi connectivity index (χ0v) is 14.5. The number of hydrogen-bond acceptors (Lipinski definition) is 3. The van der Waals surface area contributed by atoms with E-state index in [2.05, 4.69) is 32.1 Å². The van der Waals surface area contributed by atoms with Crippen LogP contribution in [0.3, 0.4) is 0 Å². The summed E-state index contributed by atoms with van der Waals surface area (Å²) < 4.78 is 2.64. The lowest BCUT2D eigenvalue weighted by atomic mass is 10.2. The van der Waals surface area contributed by atoms with E-state index in [1.807, 2.05) is 43.4 Å². The quantitative estimate of drug-likeness (QED) is 0.713. The number of amides is 1. The third-order valence-corrected chi connectivity index (χ3v) is 4.64. The molecule has 4 heterocycles. The van der Waals surface area contributed by atoms with Crippen LogP contribution in [-0.4, -0.2) is 39.1 Å². The van der Waals surface area contributed by atoms with Crippen LogP contribution in [0.25, 0.3) is 5.52 Å². The average Bonchev–Trinajstić information content (AvgIpc) is 3.09. The summed E-state index contributed by atoms with van der Waals surface area (Å²) in [6, 6.07) is 7.75. The second-order valence-electron chi connectivity index (χ2n) is 5.76. The van der Waals surface area contributed by atoms with Crippen LogP contribution in [0.2, 0.25) is 0 Å². The van der Waals surface area contributed by atoms with Crippen LogP contribution in [0.1, 0.15) is 21.9 Å². The highest BCUT2D eigenvalue weighted by Gasteiger charge is 2.29. The van der Waals surface area contributed by atoms with Gasteiger partial charge < -0.3 is 4.98 Å².